The Morgan fingerprint density at radius 2 is 1.73 bits per heavy atom. The van der Waals surface area contributed by atoms with Gasteiger partial charge in [-0.05, 0) is 0 Å². The smallest absolute Gasteiger partial charge is 0.781 e. The van der Waals surface area contributed by atoms with Crippen LogP contribution in [0.4, 0.5) is 0 Å². The average Bonchev–Trinajstić information content (AvgIpc) is 1.91. The molecular weight excluding hydrogens is 205 g/mol. The maximum Gasteiger partial charge on any atom is 1.00 e. The van der Waals surface area contributed by atoms with Gasteiger partial charge < -0.3 is 9.46 Å². The first kappa shape index (κ1) is 18.2. The van der Waals surface area contributed by atoms with Crippen molar-refractivity contribution < 1.29 is 57.8 Å². The van der Waals surface area contributed by atoms with Gasteiger partial charge in [0.05, 0.1) is 0 Å². The molecule has 0 fully saturated rings. The Bertz CT molecular complexity index is 117. The zero-order chi connectivity index (χ0) is 8.57. The summed E-state index contributed by atoms with van der Waals surface area (Å²) in [5, 5.41) is 7.43. The Kier molecular flexibility index (Phi) is 22.9. The van der Waals surface area contributed by atoms with Crippen LogP contribution in [0, 0.1) is 0 Å². The van der Waals surface area contributed by atoms with Crippen LogP contribution in [0.2, 0.25) is 0 Å². The summed E-state index contributed by atoms with van der Waals surface area (Å²) in [7, 11) is -6.70. The molecule has 2 unspecified atom stereocenters. The zero-order valence-corrected chi connectivity index (χ0v) is 10.5. The summed E-state index contributed by atoms with van der Waals surface area (Å²) in [6, 6.07) is 0. The van der Waals surface area contributed by atoms with Gasteiger partial charge in [-0.3, -0.25) is 8.88 Å². The fourth-order valence-electron chi connectivity index (χ4n) is 0.0867. The van der Waals surface area contributed by atoms with E-state index >= 15 is 0 Å². The minimum atomic E-state index is -3.50. The maximum atomic E-state index is 9.74. The van der Waals surface area contributed by atoms with Crippen LogP contribution in [0.5, 0.6) is 0 Å². The summed E-state index contributed by atoms with van der Waals surface area (Å²) in [4.78, 5) is 9.45. The van der Waals surface area contributed by atoms with E-state index < -0.39 is 16.5 Å². The van der Waals surface area contributed by atoms with Gasteiger partial charge in [-0.15, -0.1) is 0 Å². The summed E-state index contributed by atoms with van der Waals surface area (Å²) < 4.78 is 25.7. The average molecular weight is 214 g/mol. The molecule has 0 aliphatic carbocycles. The molecule has 2 atom stereocenters. The van der Waals surface area contributed by atoms with Crippen molar-refractivity contribution in [3.8, 4) is 0 Å². The normalized spacial score (nSPS) is 13.5. The van der Waals surface area contributed by atoms with Crippen molar-refractivity contribution >= 4 is 16.5 Å². The van der Waals surface area contributed by atoms with E-state index in [1.54, 1.807) is 0 Å². The third kappa shape index (κ3) is 18.3. The van der Waals surface area contributed by atoms with Crippen molar-refractivity contribution in [3.05, 3.63) is 0 Å². The van der Waals surface area contributed by atoms with Gasteiger partial charge in [0.2, 0.25) is 0 Å². The Morgan fingerprint density at radius 3 is 1.82 bits per heavy atom. The van der Waals surface area contributed by atoms with E-state index in [1.165, 1.54) is 0 Å². The predicted molar refractivity (Wildman–Crippen MR) is 34.1 cm³/mol. The predicted octanol–water partition coefficient (Wildman–Crippen LogP) is -2.34. The fourth-order valence-corrected chi connectivity index (χ4v) is 0.780. The molecule has 6 nitrogen and oxygen atoms in total. The zero-order valence-electron chi connectivity index (χ0n) is 6.49. The summed E-state index contributed by atoms with van der Waals surface area (Å²) in [6.07, 6.45) is 0. The van der Waals surface area contributed by atoms with Gasteiger partial charge in [0.15, 0.2) is 0 Å². The second-order valence-electron chi connectivity index (χ2n) is 0.693. The van der Waals surface area contributed by atoms with E-state index in [2.05, 4.69) is 8.99 Å². The van der Waals surface area contributed by atoms with Gasteiger partial charge in [-0.25, -0.2) is 5.26 Å². The molecule has 64 valence electrons. The Labute approximate surface area is 88.0 Å². The molecule has 0 spiro atoms. The van der Waals surface area contributed by atoms with Gasteiger partial charge in [-0.1, -0.05) is 13.8 Å². The first-order valence-corrected chi connectivity index (χ1v) is 4.86. The van der Waals surface area contributed by atoms with E-state index in [0.29, 0.717) is 0 Å². The quantitative estimate of drug-likeness (QED) is 0.245. The molecule has 0 amide bonds. The van der Waals surface area contributed by atoms with Gasteiger partial charge in [0, 0.05) is 0 Å². The molecule has 0 heterocycles. The Balaban J connectivity index is -0.000000196. The van der Waals surface area contributed by atoms with Gasteiger partial charge >= 0.3 is 37.8 Å². The van der Waals surface area contributed by atoms with Crippen molar-refractivity contribution in [2.24, 2.45) is 0 Å². The van der Waals surface area contributed by atoms with Crippen molar-refractivity contribution in [2.45, 2.75) is 13.8 Å². The van der Waals surface area contributed by atoms with Crippen molar-refractivity contribution in [1.29, 1.82) is 0 Å². The molecule has 11 heavy (non-hydrogen) atoms. The molecule has 0 saturated carbocycles. The summed E-state index contributed by atoms with van der Waals surface area (Å²) in [5.41, 5.74) is 0. The van der Waals surface area contributed by atoms with Crippen LogP contribution in [-0.2, 0) is 18.1 Å². The first-order valence-electron chi connectivity index (χ1n) is 2.41. The minimum absolute atomic E-state index is 0. The van der Waals surface area contributed by atoms with Crippen molar-refractivity contribution in [3.63, 3.8) is 0 Å². The first-order chi connectivity index (χ1) is 4.66. The monoisotopic (exact) mass is 214 g/mol. The van der Waals surface area contributed by atoms with Gasteiger partial charge in [0.1, 0.15) is 8.25 Å². The van der Waals surface area contributed by atoms with Crippen LogP contribution in [0.15, 0.2) is 0 Å². The molecule has 0 aromatic heterocycles. The molecular formula is C2H9NaO6P2. The standard InChI is InChI=1S/C2H6.Na.H4O6P2/c1-2;;1-5-8(4)6-7(2)3/h1-2H3;;1,7-8H,(H,2,3)/q;+1;/p-1. The summed E-state index contributed by atoms with van der Waals surface area (Å²) >= 11 is 0. The van der Waals surface area contributed by atoms with E-state index in [1.807, 2.05) is 13.8 Å². The van der Waals surface area contributed by atoms with Crippen LogP contribution < -0.4 is 34.5 Å². The van der Waals surface area contributed by atoms with E-state index in [-0.39, 0.29) is 29.6 Å². The van der Waals surface area contributed by atoms with Crippen LogP contribution >= 0.6 is 16.5 Å². The van der Waals surface area contributed by atoms with Gasteiger partial charge in [0.25, 0.3) is 0 Å². The topological polar surface area (TPSA) is 95.9 Å². The van der Waals surface area contributed by atoms with Crippen LogP contribution in [0.25, 0.3) is 0 Å². The van der Waals surface area contributed by atoms with Crippen molar-refractivity contribution in [1.82, 2.24) is 0 Å². The molecule has 0 aromatic carbocycles. The number of rotatable bonds is 3. The van der Waals surface area contributed by atoms with Crippen molar-refractivity contribution in [2.75, 3.05) is 0 Å². The summed E-state index contributed by atoms with van der Waals surface area (Å²) in [5.74, 6) is 0. The molecule has 0 aliphatic rings. The van der Waals surface area contributed by atoms with Gasteiger partial charge in [-0.2, -0.15) is 4.67 Å². The SMILES string of the molecule is CC.O=[PH]([O-])O[PH](=O)OO.[Na+]. The molecule has 0 aromatic rings. The molecule has 0 radical (unpaired) electrons. The Hall–Kier alpha value is 1.30. The second kappa shape index (κ2) is 13.9. The molecule has 0 rings (SSSR count). The summed E-state index contributed by atoms with van der Waals surface area (Å²) in [6.45, 7) is 4.00. The molecule has 0 aliphatic heterocycles. The maximum absolute atomic E-state index is 9.74. The Morgan fingerprint density at radius 1 is 1.36 bits per heavy atom. The second-order valence-corrected chi connectivity index (χ2v) is 2.69. The molecule has 0 saturated heterocycles. The minimum Gasteiger partial charge on any atom is -0.781 e. The largest absolute Gasteiger partial charge is 1.00 e. The van der Waals surface area contributed by atoms with E-state index in [9.17, 15) is 14.0 Å². The molecule has 0 bridgehead atoms. The third-order valence-corrected chi connectivity index (χ3v) is 1.72. The number of hydrogen-bond acceptors (Lipinski definition) is 6. The van der Waals surface area contributed by atoms with E-state index in [4.69, 9.17) is 5.26 Å². The van der Waals surface area contributed by atoms with Crippen LogP contribution in [0.3, 0.4) is 0 Å². The van der Waals surface area contributed by atoms with E-state index in [0.717, 1.165) is 0 Å². The van der Waals surface area contributed by atoms with Crippen LogP contribution in [0.1, 0.15) is 13.8 Å². The number of hydrogen-bond donors (Lipinski definition) is 1. The fraction of sp³-hybridized carbons (Fsp3) is 1.00. The van der Waals surface area contributed by atoms with Crippen LogP contribution in [-0.4, -0.2) is 5.26 Å². The molecule has 1 N–H and O–H groups in total. The third-order valence-electron chi connectivity index (χ3n) is 0.241. The molecule has 9 heteroatoms.